The van der Waals surface area contributed by atoms with Gasteiger partial charge in [-0.05, 0) is 0 Å². The van der Waals surface area contributed by atoms with Crippen molar-refractivity contribution in [3.63, 3.8) is 0 Å². The summed E-state index contributed by atoms with van der Waals surface area (Å²) >= 11 is 0. The number of anilines is 1. The van der Waals surface area contributed by atoms with Gasteiger partial charge in [0.15, 0.2) is 12.2 Å². The second-order valence-electron chi connectivity index (χ2n) is 1.12. The Morgan fingerprint density at radius 1 is 1.75 bits per heavy atom. The first-order valence-corrected chi connectivity index (χ1v) is 1.99. The van der Waals surface area contributed by atoms with Crippen molar-refractivity contribution in [2.75, 3.05) is 12.4 Å². The number of nitrogens with zero attached hydrogens (tertiary/aromatic N) is 1. The highest BCUT2D eigenvalue weighted by Crippen LogP contribution is 1.96. The van der Waals surface area contributed by atoms with Gasteiger partial charge in [0.2, 0.25) is 0 Å². The summed E-state index contributed by atoms with van der Waals surface area (Å²) in [6, 6.07) is 0. The maximum atomic E-state index is 4.63. The van der Waals surface area contributed by atoms with E-state index in [4.69, 9.17) is 0 Å². The van der Waals surface area contributed by atoms with Crippen LogP contribution in [0.15, 0.2) is 17.1 Å². The number of nitrogens with one attached hydrogen (secondary N) is 1. The van der Waals surface area contributed by atoms with E-state index in [0.717, 1.165) is 5.82 Å². The van der Waals surface area contributed by atoms with Crippen molar-refractivity contribution in [2.45, 2.75) is 0 Å². The quantitative estimate of drug-likeness (QED) is 0.626. The summed E-state index contributed by atoms with van der Waals surface area (Å²) in [6.07, 6.45) is 2.92. The third-order valence-corrected chi connectivity index (χ3v) is 0.688. The minimum atomic E-state index is 0. The van der Waals surface area contributed by atoms with Gasteiger partial charge < -0.3 is 9.73 Å². The van der Waals surface area contributed by atoms with Crippen molar-refractivity contribution in [3.8, 4) is 0 Å². The smallest absolute Gasteiger partial charge is 0.182 e. The Morgan fingerprint density at radius 2 is 2.50 bits per heavy atom. The molecule has 8 heavy (non-hydrogen) atoms. The number of oxazole rings is 1. The van der Waals surface area contributed by atoms with E-state index in [-0.39, 0.29) is 12.4 Å². The Balaban J connectivity index is 0.000000490. The molecule has 0 saturated carbocycles. The van der Waals surface area contributed by atoms with Crippen LogP contribution < -0.4 is 5.32 Å². The molecule has 0 radical (unpaired) electrons. The van der Waals surface area contributed by atoms with E-state index in [0.29, 0.717) is 0 Å². The van der Waals surface area contributed by atoms with Gasteiger partial charge in [0.05, 0.1) is 0 Å². The second kappa shape index (κ2) is 3.32. The Hall–Kier alpha value is -0.700. The molecule has 1 aromatic heterocycles. The summed E-state index contributed by atoms with van der Waals surface area (Å²) in [6.45, 7) is 0. The maximum Gasteiger partial charge on any atom is 0.182 e. The topological polar surface area (TPSA) is 38.1 Å². The van der Waals surface area contributed by atoms with Crippen LogP contribution in [0.1, 0.15) is 0 Å². The molecule has 0 aliphatic rings. The van der Waals surface area contributed by atoms with Crippen LogP contribution in [-0.2, 0) is 0 Å². The van der Waals surface area contributed by atoms with Crippen LogP contribution in [0.4, 0.5) is 5.82 Å². The number of halogens is 1. The molecular formula is C4H7ClN2O. The molecule has 0 saturated heterocycles. The first-order chi connectivity index (χ1) is 3.43. The molecule has 1 heterocycles. The van der Waals surface area contributed by atoms with Crippen LogP contribution in [0.2, 0.25) is 0 Å². The lowest BCUT2D eigenvalue weighted by molar-refractivity contribution is 0.558. The molecule has 46 valence electrons. The fraction of sp³-hybridized carbons (Fsp3) is 0.250. The predicted octanol–water partition coefficient (Wildman–Crippen LogP) is 1.14. The zero-order valence-corrected chi connectivity index (χ0v) is 5.23. The SMILES string of the molecule is CNc1cocn1.Cl. The van der Waals surface area contributed by atoms with Gasteiger partial charge in [-0.1, -0.05) is 0 Å². The van der Waals surface area contributed by atoms with Crippen LogP contribution in [0, 0.1) is 0 Å². The van der Waals surface area contributed by atoms with Gasteiger partial charge in [-0.25, -0.2) is 0 Å². The molecule has 3 nitrogen and oxygen atoms in total. The first-order valence-electron chi connectivity index (χ1n) is 1.99. The summed E-state index contributed by atoms with van der Waals surface area (Å²) < 4.78 is 4.63. The fourth-order valence-corrected chi connectivity index (χ4v) is 0.336. The van der Waals surface area contributed by atoms with Gasteiger partial charge in [0.25, 0.3) is 0 Å². The van der Waals surface area contributed by atoms with Crippen LogP contribution in [0.25, 0.3) is 0 Å². The van der Waals surface area contributed by atoms with Crippen molar-refractivity contribution >= 4 is 18.2 Å². The molecular weight excluding hydrogens is 128 g/mol. The predicted molar refractivity (Wildman–Crippen MR) is 33.3 cm³/mol. The van der Waals surface area contributed by atoms with Crippen LogP contribution in [0.3, 0.4) is 0 Å². The minimum absolute atomic E-state index is 0. The highest BCUT2D eigenvalue weighted by Gasteiger charge is 1.83. The zero-order chi connectivity index (χ0) is 5.11. The molecule has 1 N–H and O–H groups in total. The third kappa shape index (κ3) is 1.42. The van der Waals surface area contributed by atoms with Crippen LogP contribution in [0.5, 0.6) is 0 Å². The van der Waals surface area contributed by atoms with Crippen LogP contribution in [-0.4, -0.2) is 12.0 Å². The molecule has 0 aliphatic carbocycles. The molecule has 1 aromatic rings. The lowest BCUT2D eigenvalue weighted by Gasteiger charge is -1.82. The summed E-state index contributed by atoms with van der Waals surface area (Å²) in [7, 11) is 1.79. The molecule has 0 aliphatic heterocycles. The number of aromatic nitrogens is 1. The van der Waals surface area contributed by atoms with E-state index < -0.39 is 0 Å². The van der Waals surface area contributed by atoms with Crippen molar-refractivity contribution in [1.29, 1.82) is 0 Å². The van der Waals surface area contributed by atoms with Crippen molar-refractivity contribution in [3.05, 3.63) is 12.7 Å². The Bertz CT molecular complexity index is 129. The molecule has 1 rings (SSSR count). The summed E-state index contributed by atoms with van der Waals surface area (Å²) in [5.74, 6) is 0.764. The molecule has 0 bridgehead atoms. The Morgan fingerprint density at radius 3 is 2.75 bits per heavy atom. The normalized spacial score (nSPS) is 7.62. The first kappa shape index (κ1) is 7.30. The molecule has 0 aromatic carbocycles. The van der Waals surface area contributed by atoms with Crippen molar-refractivity contribution in [2.24, 2.45) is 0 Å². The van der Waals surface area contributed by atoms with Gasteiger partial charge in [-0.3, -0.25) is 0 Å². The van der Waals surface area contributed by atoms with Gasteiger partial charge >= 0.3 is 0 Å². The maximum absolute atomic E-state index is 4.63. The lowest BCUT2D eigenvalue weighted by atomic mass is 10.8. The standard InChI is InChI=1S/C4H6N2O.ClH/c1-5-4-2-7-3-6-4;/h2-3,5H,1H3;1H. The molecule has 0 atom stereocenters. The number of hydrogen-bond donors (Lipinski definition) is 1. The molecule has 0 unspecified atom stereocenters. The van der Waals surface area contributed by atoms with E-state index in [1.807, 2.05) is 0 Å². The fourth-order valence-electron chi connectivity index (χ4n) is 0.336. The van der Waals surface area contributed by atoms with E-state index in [1.54, 1.807) is 13.3 Å². The number of hydrogen-bond acceptors (Lipinski definition) is 3. The third-order valence-electron chi connectivity index (χ3n) is 0.688. The monoisotopic (exact) mass is 134 g/mol. The lowest BCUT2D eigenvalue weighted by Crippen LogP contribution is -1.84. The summed E-state index contributed by atoms with van der Waals surface area (Å²) in [5.41, 5.74) is 0. The van der Waals surface area contributed by atoms with Crippen LogP contribution >= 0.6 is 12.4 Å². The summed E-state index contributed by atoms with van der Waals surface area (Å²) in [4.78, 5) is 3.76. The molecule has 0 spiro atoms. The van der Waals surface area contributed by atoms with Gasteiger partial charge in [0, 0.05) is 7.05 Å². The van der Waals surface area contributed by atoms with Crippen molar-refractivity contribution in [1.82, 2.24) is 4.98 Å². The van der Waals surface area contributed by atoms with E-state index in [1.165, 1.54) is 6.39 Å². The largest absolute Gasteiger partial charge is 0.449 e. The highest BCUT2D eigenvalue weighted by atomic mass is 35.5. The average Bonchev–Trinajstić information content (AvgIpc) is 2.14. The Labute approximate surface area is 53.5 Å². The van der Waals surface area contributed by atoms with E-state index in [9.17, 15) is 0 Å². The van der Waals surface area contributed by atoms with Gasteiger partial charge in [0.1, 0.15) is 6.26 Å². The molecule has 0 fully saturated rings. The van der Waals surface area contributed by atoms with E-state index in [2.05, 4.69) is 14.7 Å². The average molecular weight is 135 g/mol. The highest BCUT2D eigenvalue weighted by molar-refractivity contribution is 5.85. The van der Waals surface area contributed by atoms with Gasteiger partial charge in [-0.15, -0.1) is 12.4 Å². The molecule has 0 amide bonds. The van der Waals surface area contributed by atoms with E-state index >= 15 is 0 Å². The zero-order valence-electron chi connectivity index (χ0n) is 4.42. The Kier molecular flexibility index (Phi) is 3.03. The second-order valence-corrected chi connectivity index (χ2v) is 1.12. The minimum Gasteiger partial charge on any atom is -0.449 e. The summed E-state index contributed by atoms with van der Waals surface area (Å²) in [5, 5.41) is 2.80. The number of rotatable bonds is 1. The van der Waals surface area contributed by atoms with Gasteiger partial charge in [-0.2, -0.15) is 4.98 Å². The molecule has 4 heteroatoms. The van der Waals surface area contributed by atoms with Crippen molar-refractivity contribution < 1.29 is 4.42 Å².